The zero-order valence-electron chi connectivity index (χ0n) is 14.7. The number of carbonyl (C=O) groups excluding carboxylic acids is 1. The van der Waals surface area contributed by atoms with Crippen molar-refractivity contribution < 1.29 is 27.9 Å². The molecule has 2 aromatic rings. The number of rotatable bonds is 6. The van der Waals surface area contributed by atoms with Crippen LogP contribution in [-0.2, 0) is 24.3 Å². The molecule has 1 amide bonds. The minimum absolute atomic E-state index is 0.00888. The van der Waals surface area contributed by atoms with Crippen LogP contribution in [0, 0.1) is 5.41 Å². The highest BCUT2D eigenvalue weighted by atomic mass is 32.2. The summed E-state index contributed by atoms with van der Waals surface area (Å²) in [7, 11) is -3.79. The Labute approximate surface area is 164 Å². The number of fused-ring (bicyclic) bond motifs is 1. The van der Waals surface area contributed by atoms with E-state index in [0.717, 1.165) is 11.3 Å². The fourth-order valence-electron chi connectivity index (χ4n) is 3.89. The molecule has 148 valence electrons. The Hall–Kier alpha value is -2.50. The summed E-state index contributed by atoms with van der Waals surface area (Å²) in [6.45, 7) is 1.79. The molecular weight excluding hydrogens is 406 g/mol. The number of hydrogen-bond acceptors (Lipinski definition) is 7. The predicted octanol–water partition coefficient (Wildman–Crippen LogP) is 1.90. The fraction of sp³-hybridized carbons (Fsp3) is 0.353. The Bertz CT molecular complexity index is 1030. The second kappa shape index (κ2) is 6.26. The molecule has 1 saturated carbocycles. The normalized spacial score (nSPS) is 28.4. The largest absolute Gasteiger partial charge is 0.481 e. The summed E-state index contributed by atoms with van der Waals surface area (Å²) in [5.41, 5.74) is -1.43. The summed E-state index contributed by atoms with van der Waals surface area (Å²) in [5.74, 6) is -1.60. The van der Waals surface area contributed by atoms with E-state index in [1.54, 1.807) is 12.3 Å². The molecule has 1 atom stereocenters. The topological polar surface area (TPSA) is 135 Å². The lowest BCUT2D eigenvalue weighted by Gasteiger charge is -2.39. The van der Waals surface area contributed by atoms with Crippen molar-refractivity contribution in [2.45, 2.75) is 36.4 Å². The van der Waals surface area contributed by atoms with Crippen molar-refractivity contribution in [3.63, 3.8) is 0 Å². The van der Waals surface area contributed by atoms with E-state index < -0.39 is 39.0 Å². The average molecular weight is 423 g/mol. The lowest BCUT2D eigenvalue weighted by atomic mass is 9.60. The molecule has 3 fully saturated rings. The molecule has 3 aliphatic rings. The first-order chi connectivity index (χ1) is 13.1. The van der Waals surface area contributed by atoms with Gasteiger partial charge in [-0.3, -0.25) is 14.3 Å². The van der Waals surface area contributed by atoms with Crippen molar-refractivity contribution in [1.82, 2.24) is 4.98 Å². The van der Waals surface area contributed by atoms with E-state index in [-0.39, 0.29) is 10.0 Å². The van der Waals surface area contributed by atoms with E-state index in [9.17, 15) is 23.1 Å². The van der Waals surface area contributed by atoms with Gasteiger partial charge in [0.1, 0.15) is 5.41 Å². The number of hydrogen-bond donors (Lipinski definition) is 3. The van der Waals surface area contributed by atoms with Gasteiger partial charge in [0.05, 0.1) is 10.5 Å². The monoisotopic (exact) mass is 423 g/mol. The summed E-state index contributed by atoms with van der Waals surface area (Å²) < 4.78 is 32.7. The highest BCUT2D eigenvalue weighted by Crippen LogP contribution is 2.61. The van der Waals surface area contributed by atoms with Crippen LogP contribution in [0.15, 0.2) is 40.7 Å². The Balaban J connectivity index is 1.46. The van der Waals surface area contributed by atoms with Crippen LogP contribution in [0.1, 0.15) is 19.8 Å². The third kappa shape index (κ3) is 3.05. The second-order valence-electron chi connectivity index (χ2n) is 7.22. The van der Waals surface area contributed by atoms with Gasteiger partial charge < -0.3 is 15.2 Å². The molecule has 0 spiro atoms. The molecule has 9 nitrogen and oxygen atoms in total. The Morgan fingerprint density at radius 2 is 1.96 bits per heavy atom. The van der Waals surface area contributed by atoms with Crippen LogP contribution in [0.5, 0.6) is 0 Å². The van der Waals surface area contributed by atoms with Crippen LogP contribution in [0.25, 0.3) is 0 Å². The molecule has 0 radical (unpaired) electrons. The predicted molar refractivity (Wildman–Crippen MR) is 101 cm³/mol. The van der Waals surface area contributed by atoms with Gasteiger partial charge in [0, 0.05) is 17.3 Å². The molecule has 3 heterocycles. The van der Waals surface area contributed by atoms with E-state index in [1.165, 1.54) is 30.5 Å². The van der Waals surface area contributed by atoms with Crippen molar-refractivity contribution in [2.75, 3.05) is 10.0 Å². The lowest BCUT2D eigenvalue weighted by molar-refractivity contribution is -0.156. The van der Waals surface area contributed by atoms with Crippen LogP contribution in [0.2, 0.25) is 0 Å². The number of carboxylic acid groups (broad SMARTS) is 1. The number of thiazole rings is 1. The van der Waals surface area contributed by atoms with Gasteiger partial charge in [0.25, 0.3) is 15.9 Å². The van der Waals surface area contributed by atoms with Crippen molar-refractivity contribution in [2.24, 2.45) is 5.41 Å². The number of aromatic nitrogens is 1. The van der Waals surface area contributed by atoms with Gasteiger partial charge in [-0.15, -0.1) is 11.3 Å². The lowest BCUT2D eigenvalue weighted by Crippen LogP contribution is -2.51. The van der Waals surface area contributed by atoms with Gasteiger partial charge in [-0.2, -0.15) is 0 Å². The SMILES string of the molecule is CC12CC(C(=O)O)(C1)C(C(=O)Nc1ccc(S(=O)(=O)Nc3nccs3)cc1)O2. The molecule has 2 aliphatic heterocycles. The number of carboxylic acids is 1. The molecule has 11 heteroatoms. The van der Waals surface area contributed by atoms with Gasteiger partial charge in [-0.25, -0.2) is 13.4 Å². The first-order valence-electron chi connectivity index (χ1n) is 8.38. The van der Waals surface area contributed by atoms with Crippen LogP contribution in [0.3, 0.4) is 0 Å². The highest BCUT2D eigenvalue weighted by molar-refractivity contribution is 7.93. The summed E-state index contributed by atoms with van der Waals surface area (Å²) in [6.07, 6.45) is 1.01. The standard InChI is InChI=1S/C17H17N3O6S2/c1-16-8-17(9-16,14(22)23)12(26-16)13(21)19-10-2-4-11(5-3-10)28(24,25)20-15-18-6-7-27-15/h2-7,12H,8-9H2,1H3,(H,18,20)(H,19,21)(H,22,23). The average Bonchev–Trinajstić information content (AvgIpc) is 3.27. The quantitative estimate of drug-likeness (QED) is 0.646. The van der Waals surface area contributed by atoms with Crippen LogP contribution >= 0.6 is 11.3 Å². The van der Waals surface area contributed by atoms with Gasteiger partial charge in [0.2, 0.25) is 0 Å². The number of nitrogens with one attached hydrogen (secondary N) is 2. The molecule has 1 aromatic carbocycles. The first-order valence-corrected chi connectivity index (χ1v) is 10.7. The van der Waals surface area contributed by atoms with E-state index >= 15 is 0 Å². The summed E-state index contributed by atoms with van der Waals surface area (Å²) >= 11 is 1.16. The fourth-order valence-corrected chi connectivity index (χ4v) is 5.68. The third-order valence-corrected chi connectivity index (χ3v) is 7.21. The van der Waals surface area contributed by atoms with Gasteiger partial charge in [-0.1, -0.05) is 0 Å². The van der Waals surface area contributed by atoms with Crippen LogP contribution in [-0.4, -0.2) is 42.1 Å². The molecule has 1 unspecified atom stereocenters. The Morgan fingerprint density at radius 1 is 1.29 bits per heavy atom. The molecule has 2 bridgehead atoms. The molecule has 5 rings (SSSR count). The highest BCUT2D eigenvalue weighted by Gasteiger charge is 2.71. The van der Waals surface area contributed by atoms with Crippen LogP contribution in [0.4, 0.5) is 10.8 Å². The van der Waals surface area contributed by atoms with Gasteiger partial charge in [0.15, 0.2) is 11.2 Å². The zero-order chi connectivity index (χ0) is 20.2. The number of nitrogens with zero attached hydrogens (tertiary/aromatic N) is 1. The maximum Gasteiger partial charge on any atom is 0.313 e. The van der Waals surface area contributed by atoms with Crippen molar-refractivity contribution in [3.8, 4) is 0 Å². The van der Waals surface area contributed by atoms with Crippen molar-refractivity contribution >= 4 is 44.1 Å². The summed E-state index contributed by atoms with van der Waals surface area (Å²) in [4.78, 5) is 28.1. The number of carbonyl (C=O) groups is 2. The zero-order valence-corrected chi connectivity index (χ0v) is 16.3. The Morgan fingerprint density at radius 3 is 2.54 bits per heavy atom. The van der Waals surface area contributed by atoms with Gasteiger partial charge >= 0.3 is 5.97 Å². The van der Waals surface area contributed by atoms with Gasteiger partial charge in [-0.05, 0) is 44.0 Å². The summed E-state index contributed by atoms with van der Waals surface area (Å²) in [5, 5.41) is 14.0. The van der Waals surface area contributed by atoms with E-state index in [0.29, 0.717) is 18.5 Å². The maximum atomic E-state index is 12.6. The van der Waals surface area contributed by atoms with E-state index in [2.05, 4.69) is 15.0 Å². The van der Waals surface area contributed by atoms with Crippen LogP contribution < -0.4 is 10.0 Å². The number of ether oxygens (including phenoxy) is 1. The molecule has 1 aromatic heterocycles. The number of amides is 1. The molecule has 3 N–H and O–H groups in total. The molecule has 1 aliphatic carbocycles. The van der Waals surface area contributed by atoms with E-state index in [1.807, 2.05) is 0 Å². The smallest absolute Gasteiger partial charge is 0.313 e. The minimum atomic E-state index is -3.79. The minimum Gasteiger partial charge on any atom is -0.481 e. The molecule has 28 heavy (non-hydrogen) atoms. The number of aliphatic carboxylic acids is 1. The maximum absolute atomic E-state index is 12.6. The molecule has 2 saturated heterocycles. The number of sulfonamides is 1. The Kier molecular flexibility index (Phi) is 4.21. The number of anilines is 2. The third-order valence-electron chi connectivity index (χ3n) is 5.03. The number of benzene rings is 1. The molecular formula is C17H17N3O6S2. The second-order valence-corrected chi connectivity index (χ2v) is 9.80. The van der Waals surface area contributed by atoms with Crippen molar-refractivity contribution in [1.29, 1.82) is 0 Å². The van der Waals surface area contributed by atoms with E-state index in [4.69, 9.17) is 4.74 Å². The van der Waals surface area contributed by atoms with Crippen molar-refractivity contribution in [3.05, 3.63) is 35.8 Å². The summed E-state index contributed by atoms with van der Waals surface area (Å²) in [6, 6.07) is 5.55. The first kappa shape index (κ1) is 18.8.